The molecule has 4 heteroatoms. The average Bonchev–Trinajstić information content (AvgIpc) is 1.82. The Bertz CT molecular complexity index is 104. The second-order valence-corrected chi connectivity index (χ2v) is 2.59. The third-order valence-electron chi connectivity index (χ3n) is 1.69. The van der Waals surface area contributed by atoms with E-state index in [2.05, 4.69) is 0 Å². The van der Waals surface area contributed by atoms with Gasteiger partial charge in [0.1, 0.15) is 6.10 Å². The van der Waals surface area contributed by atoms with Crippen LogP contribution in [0.2, 0.25) is 0 Å². The van der Waals surface area contributed by atoms with E-state index in [4.69, 9.17) is 20.1 Å². The highest BCUT2D eigenvalue weighted by molar-refractivity contribution is 4.78. The molecular formula is C6H12O4. The molecule has 3 N–H and O–H groups in total. The van der Waals surface area contributed by atoms with Crippen LogP contribution in [0, 0.1) is 0 Å². The number of aliphatic hydroxyl groups is 3. The molecule has 1 saturated heterocycles. The Kier molecular flexibility index (Phi) is 2.25. The summed E-state index contributed by atoms with van der Waals surface area (Å²) in [6.07, 6.45) is -3.07. The first-order valence-electron chi connectivity index (χ1n) is 3.31. The van der Waals surface area contributed by atoms with E-state index in [0.717, 1.165) is 0 Å². The fraction of sp³-hybridized carbons (Fsp3) is 1.00. The molecule has 4 nitrogen and oxygen atoms in total. The molecule has 60 valence electrons. The van der Waals surface area contributed by atoms with E-state index in [1.807, 2.05) is 0 Å². The average molecular weight is 148 g/mol. The maximum Gasteiger partial charge on any atom is 0.157 e. The zero-order chi connectivity index (χ0) is 7.72. The summed E-state index contributed by atoms with van der Waals surface area (Å²) in [5.41, 5.74) is 0. The van der Waals surface area contributed by atoms with Crippen molar-refractivity contribution in [2.24, 2.45) is 0 Å². The second kappa shape index (κ2) is 2.84. The van der Waals surface area contributed by atoms with Crippen LogP contribution >= 0.6 is 0 Å². The molecule has 1 aliphatic heterocycles. The van der Waals surface area contributed by atoms with Gasteiger partial charge in [0.15, 0.2) is 6.29 Å². The van der Waals surface area contributed by atoms with Crippen LogP contribution in [0.4, 0.5) is 0 Å². The van der Waals surface area contributed by atoms with Crippen molar-refractivity contribution in [1.29, 1.82) is 0 Å². The van der Waals surface area contributed by atoms with E-state index >= 15 is 0 Å². The molecule has 0 aromatic heterocycles. The van der Waals surface area contributed by atoms with Gasteiger partial charge in [-0.2, -0.15) is 0 Å². The van der Waals surface area contributed by atoms with Gasteiger partial charge in [-0.1, -0.05) is 0 Å². The molecule has 0 radical (unpaired) electrons. The van der Waals surface area contributed by atoms with Crippen molar-refractivity contribution in [3.05, 3.63) is 0 Å². The molecule has 0 bridgehead atoms. The largest absolute Gasteiger partial charge is 0.390 e. The lowest BCUT2D eigenvalue weighted by atomic mass is 10.0. The Balaban J connectivity index is 2.49. The highest BCUT2D eigenvalue weighted by Gasteiger charge is 2.32. The van der Waals surface area contributed by atoms with Crippen LogP contribution in [0.25, 0.3) is 0 Å². The summed E-state index contributed by atoms with van der Waals surface area (Å²) in [4.78, 5) is 0. The molecule has 1 rings (SSSR count). The van der Waals surface area contributed by atoms with E-state index in [1.54, 1.807) is 6.92 Å². The minimum atomic E-state index is -0.937. The van der Waals surface area contributed by atoms with Crippen molar-refractivity contribution < 1.29 is 20.1 Å². The lowest BCUT2D eigenvalue weighted by molar-refractivity contribution is -0.226. The summed E-state index contributed by atoms with van der Waals surface area (Å²) in [6, 6.07) is 0. The minimum absolute atomic E-state index is 0.0888. The molecule has 0 aromatic rings. The van der Waals surface area contributed by atoms with Crippen molar-refractivity contribution in [3.63, 3.8) is 0 Å². The van der Waals surface area contributed by atoms with Crippen LogP contribution in [-0.4, -0.2) is 39.9 Å². The molecule has 0 aliphatic carbocycles. The molecule has 2 unspecified atom stereocenters. The normalized spacial score (nSPS) is 49.2. The van der Waals surface area contributed by atoms with Crippen molar-refractivity contribution >= 4 is 0 Å². The number of hydrogen-bond acceptors (Lipinski definition) is 4. The lowest BCUT2D eigenvalue weighted by Gasteiger charge is -2.32. The van der Waals surface area contributed by atoms with Gasteiger partial charge in [-0.15, -0.1) is 0 Å². The third kappa shape index (κ3) is 1.46. The van der Waals surface area contributed by atoms with Gasteiger partial charge >= 0.3 is 0 Å². The van der Waals surface area contributed by atoms with Gasteiger partial charge in [0.05, 0.1) is 12.2 Å². The van der Waals surface area contributed by atoms with Gasteiger partial charge in [0.2, 0.25) is 0 Å². The minimum Gasteiger partial charge on any atom is -0.390 e. The monoisotopic (exact) mass is 148 g/mol. The van der Waals surface area contributed by atoms with E-state index < -0.39 is 24.6 Å². The summed E-state index contributed by atoms with van der Waals surface area (Å²) in [7, 11) is 0. The SMILES string of the molecule is CC1OC(O)C[C@@H](O)[C@@H]1O. The van der Waals surface area contributed by atoms with Crippen LogP contribution in [0.3, 0.4) is 0 Å². The Morgan fingerprint density at radius 1 is 1.30 bits per heavy atom. The topological polar surface area (TPSA) is 69.9 Å². The van der Waals surface area contributed by atoms with E-state index in [1.165, 1.54) is 0 Å². The Labute approximate surface area is 59.1 Å². The van der Waals surface area contributed by atoms with Crippen molar-refractivity contribution in [3.8, 4) is 0 Å². The molecule has 1 heterocycles. The second-order valence-electron chi connectivity index (χ2n) is 2.59. The Morgan fingerprint density at radius 2 is 1.90 bits per heavy atom. The molecule has 1 aliphatic rings. The first kappa shape index (κ1) is 7.94. The maximum atomic E-state index is 9.08. The first-order valence-corrected chi connectivity index (χ1v) is 3.31. The van der Waals surface area contributed by atoms with Crippen LogP contribution in [0.1, 0.15) is 13.3 Å². The van der Waals surface area contributed by atoms with Gasteiger partial charge in [-0.25, -0.2) is 0 Å². The fourth-order valence-corrected chi connectivity index (χ4v) is 1.04. The number of ether oxygens (including phenoxy) is 1. The van der Waals surface area contributed by atoms with Crippen molar-refractivity contribution in [2.75, 3.05) is 0 Å². The molecule has 0 amide bonds. The number of aliphatic hydroxyl groups excluding tert-OH is 3. The predicted molar refractivity (Wildman–Crippen MR) is 33.2 cm³/mol. The summed E-state index contributed by atoms with van der Waals surface area (Å²) < 4.78 is 4.81. The van der Waals surface area contributed by atoms with Gasteiger partial charge in [-0.05, 0) is 6.92 Å². The summed E-state index contributed by atoms with van der Waals surface area (Å²) >= 11 is 0. The first-order chi connectivity index (χ1) is 4.61. The number of rotatable bonds is 0. The Hall–Kier alpha value is -0.160. The van der Waals surface area contributed by atoms with Gasteiger partial charge < -0.3 is 20.1 Å². The van der Waals surface area contributed by atoms with Crippen LogP contribution in [-0.2, 0) is 4.74 Å². The highest BCUT2D eigenvalue weighted by Crippen LogP contribution is 2.17. The fourth-order valence-electron chi connectivity index (χ4n) is 1.04. The summed E-state index contributed by atoms with van der Waals surface area (Å²) in [5.74, 6) is 0. The van der Waals surface area contributed by atoms with Crippen LogP contribution in [0.5, 0.6) is 0 Å². The molecule has 1 fully saturated rings. The van der Waals surface area contributed by atoms with Crippen molar-refractivity contribution in [1.82, 2.24) is 0 Å². The summed E-state index contributed by atoms with van der Waals surface area (Å²) in [5, 5.41) is 27.0. The molecule has 0 saturated carbocycles. The van der Waals surface area contributed by atoms with Crippen LogP contribution in [0.15, 0.2) is 0 Å². The predicted octanol–water partition coefficient (Wildman–Crippen LogP) is -1.16. The molecular weight excluding hydrogens is 136 g/mol. The zero-order valence-electron chi connectivity index (χ0n) is 5.77. The quantitative estimate of drug-likeness (QED) is 0.405. The standard InChI is InChI=1S/C6H12O4/c1-3-6(9)4(7)2-5(8)10-3/h3-9H,2H2,1H3/t3?,4-,5?,6-/m1/s1. The molecule has 0 spiro atoms. The van der Waals surface area contributed by atoms with Gasteiger partial charge in [-0.3, -0.25) is 0 Å². The lowest BCUT2D eigenvalue weighted by Crippen LogP contribution is -2.46. The summed E-state index contributed by atoms with van der Waals surface area (Å²) in [6.45, 7) is 1.61. The van der Waals surface area contributed by atoms with Crippen molar-refractivity contribution in [2.45, 2.75) is 37.9 Å². The van der Waals surface area contributed by atoms with Gasteiger partial charge in [0, 0.05) is 6.42 Å². The van der Waals surface area contributed by atoms with E-state index in [9.17, 15) is 0 Å². The Morgan fingerprint density at radius 3 is 2.40 bits per heavy atom. The zero-order valence-corrected chi connectivity index (χ0v) is 5.77. The third-order valence-corrected chi connectivity index (χ3v) is 1.69. The van der Waals surface area contributed by atoms with Crippen LogP contribution < -0.4 is 0 Å². The molecule has 4 atom stereocenters. The number of hydrogen-bond donors (Lipinski definition) is 3. The maximum absolute atomic E-state index is 9.08. The van der Waals surface area contributed by atoms with E-state index in [0.29, 0.717) is 0 Å². The van der Waals surface area contributed by atoms with Gasteiger partial charge in [0.25, 0.3) is 0 Å². The highest BCUT2D eigenvalue weighted by atomic mass is 16.6. The van der Waals surface area contributed by atoms with E-state index in [-0.39, 0.29) is 6.42 Å². The smallest absolute Gasteiger partial charge is 0.157 e. The molecule has 0 aromatic carbocycles. The molecule has 10 heavy (non-hydrogen) atoms.